The number of rotatable bonds is 17. The molecule has 318 valence electrons. The Morgan fingerprint density at radius 1 is 0.855 bits per heavy atom. The Morgan fingerprint density at radius 2 is 1.63 bits per heavy atom. The van der Waals surface area contributed by atoms with Crippen molar-refractivity contribution >= 4 is 16.9 Å². The van der Waals surface area contributed by atoms with E-state index < -0.39 is 0 Å². The van der Waals surface area contributed by atoms with E-state index in [1.807, 2.05) is 6.08 Å². The van der Waals surface area contributed by atoms with Crippen LogP contribution in [0.1, 0.15) is 59.9 Å². The molecule has 62 heavy (non-hydrogen) atoms. The fourth-order valence-electron chi connectivity index (χ4n) is 7.73. The van der Waals surface area contributed by atoms with Gasteiger partial charge in [0.25, 0.3) is 0 Å². The lowest BCUT2D eigenvalue weighted by molar-refractivity contribution is 0.476. The van der Waals surface area contributed by atoms with Crippen LogP contribution in [0.4, 0.5) is 11.4 Å². The molecule has 3 aliphatic rings. The average Bonchev–Trinajstić information content (AvgIpc) is 3.43. The zero-order chi connectivity index (χ0) is 44.3. The molecule has 0 aromatic heterocycles. The lowest BCUT2D eigenvalue weighted by Gasteiger charge is -2.22. The molecule has 0 bridgehead atoms. The highest BCUT2D eigenvalue weighted by molar-refractivity contribution is 5.74. The van der Waals surface area contributed by atoms with Crippen LogP contribution in [0.5, 0.6) is 0 Å². The maximum Gasteiger partial charge on any atom is 0.0485 e. The Labute approximate surface area is 374 Å². The molecular weight excluding hydrogens is 751 g/mol. The Bertz CT molecular complexity index is 2380. The van der Waals surface area contributed by atoms with E-state index in [9.17, 15) is 0 Å². The van der Waals surface area contributed by atoms with Gasteiger partial charge in [-0.2, -0.15) is 0 Å². The molecule has 0 saturated carbocycles. The fraction of sp³-hybridized carbons (Fsp3) is 0.220. The number of nitrogens with zero attached hydrogens (tertiary/aromatic N) is 3. The van der Waals surface area contributed by atoms with Crippen molar-refractivity contribution in [1.29, 1.82) is 0 Å². The van der Waals surface area contributed by atoms with Gasteiger partial charge in [0.2, 0.25) is 0 Å². The summed E-state index contributed by atoms with van der Waals surface area (Å²) < 4.78 is 0. The van der Waals surface area contributed by atoms with Gasteiger partial charge in [0, 0.05) is 62.1 Å². The number of fused-ring (bicyclic) bond motifs is 1. The van der Waals surface area contributed by atoms with E-state index in [2.05, 4.69) is 265 Å². The molecule has 0 saturated heterocycles. The molecule has 2 aromatic carbocycles. The molecule has 1 aliphatic heterocycles. The Morgan fingerprint density at radius 3 is 2.35 bits per heavy atom. The van der Waals surface area contributed by atoms with Crippen LogP contribution in [0.25, 0.3) is 5.57 Å². The summed E-state index contributed by atoms with van der Waals surface area (Å²) in [4.78, 5) is 6.96. The molecule has 1 atom stereocenters. The summed E-state index contributed by atoms with van der Waals surface area (Å²) in [7, 11) is 4.29. The second-order valence-corrected chi connectivity index (χ2v) is 15.8. The van der Waals surface area contributed by atoms with E-state index in [1.165, 1.54) is 56.1 Å². The summed E-state index contributed by atoms with van der Waals surface area (Å²) in [5.74, 6) is 0.287. The average molecular weight is 818 g/mol. The number of benzene rings is 2. The molecular formula is C59H67N3. The second kappa shape index (κ2) is 24.0. The van der Waals surface area contributed by atoms with Crippen molar-refractivity contribution in [2.75, 3.05) is 37.0 Å². The standard InChI is InChI=1S/C59H67N3/c1-10-14-16-19-30-51(27-15-11-2)47(6)44-61(9)56-36-38-57(39-37-56)62-45-55(59(48(62)7)41-46(5)50-28-20-17-21-29-50)42-49(13-4)52(26-12-3)34-25-40-60(8)58-35-24-33-53-31-22-18-23-32-54(53)43-58/h10-15,17,19-39,41-44,54H,3,16,18,40,45H2,1-2,4-9H3/b14-10-,15-11-,30-19-,34-25-,46-41+,47-44+,49-13+,51-27-,52-26+,55-42+. The van der Waals surface area contributed by atoms with Crippen molar-refractivity contribution < 1.29 is 0 Å². The van der Waals surface area contributed by atoms with Gasteiger partial charge in [-0.05, 0) is 153 Å². The number of allylic oxidation sites excluding steroid dienone is 28. The summed E-state index contributed by atoms with van der Waals surface area (Å²) in [6.07, 6.45) is 52.6. The van der Waals surface area contributed by atoms with Gasteiger partial charge in [-0.3, -0.25) is 0 Å². The Balaban J connectivity index is 1.41. The molecule has 5 rings (SSSR count). The lowest BCUT2D eigenvalue weighted by atomic mass is 9.96. The zero-order valence-electron chi connectivity index (χ0n) is 38.4. The second-order valence-electron chi connectivity index (χ2n) is 15.8. The minimum atomic E-state index is 0.287. The van der Waals surface area contributed by atoms with E-state index in [0.717, 1.165) is 42.8 Å². The van der Waals surface area contributed by atoms with Crippen LogP contribution in [-0.2, 0) is 0 Å². The van der Waals surface area contributed by atoms with Crippen molar-refractivity contribution in [3.8, 4) is 0 Å². The largest absolute Gasteiger partial charge is 0.371 e. The third-order valence-electron chi connectivity index (χ3n) is 11.3. The van der Waals surface area contributed by atoms with Crippen molar-refractivity contribution in [3.63, 3.8) is 0 Å². The first kappa shape index (κ1) is 46.5. The first-order valence-corrected chi connectivity index (χ1v) is 22.0. The summed E-state index contributed by atoms with van der Waals surface area (Å²) in [6, 6.07) is 19.6. The molecule has 2 aliphatic carbocycles. The van der Waals surface area contributed by atoms with Crippen LogP contribution in [0.3, 0.4) is 0 Å². The smallest absolute Gasteiger partial charge is 0.0485 e. The lowest BCUT2D eigenvalue weighted by Crippen LogP contribution is -2.18. The van der Waals surface area contributed by atoms with Crippen molar-refractivity contribution in [1.82, 2.24) is 4.90 Å². The molecule has 0 amide bonds. The first-order valence-electron chi connectivity index (χ1n) is 22.0. The van der Waals surface area contributed by atoms with Crippen LogP contribution >= 0.6 is 0 Å². The van der Waals surface area contributed by atoms with E-state index in [1.54, 1.807) is 0 Å². The van der Waals surface area contributed by atoms with Gasteiger partial charge >= 0.3 is 0 Å². The maximum atomic E-state index is 4.10. The number of likely N-dealkylation sites (N-methyl/N-ethyl adjacent to an activating group) is 1. The number of hydrogen-bond donors (Lipinski definition) is 0. The third-order valence-corrected chi connectivity index (χ3v) is 11.3. The predicted octanol–water partition coefficient (Wildman–Crippen LogP) is 15.2. The summed E-state index contributed by atoms with van der Waals surface area (Å²) in [5, 5.41) is 0. The van der Waals surface area contributed by atoms with Crippen molar-refractivity contribution in [3.05, 3.63) is 257 Å². The first-order chi connectivity index (χ1) is 30.2. The van der Waals surface area contributed by atoms with Gasteiger partial charge in [-0.15, -0.1) is 0 Å². The minimum absolute atomic E-state index is 0.287. The monoisotopic (exact) mass is 818 g/mol. The molecule has 2 aromatic rings. The maximum absolute atomic E-state index is 4.10. The van der Waals surface area contributed by atoms with Gasteiger partial charge < -0.3 is 14.7 Å². The molecule has 3 nitrogen and oxygen atoms in total. The fourth-order valence-corrected chi connectivity index (χ4v) is 7.73. The highest BCUT2D eigenvalue weighted by atomic mass is 15.2. The summed E-state index contributed by atoms with van der Waals surface area (Å²) >= 11 is 0. The quantitative estimate of drug-likeness (QED) is 0.116. The van der Waals surface area contributed by atoms with Crippen LogP contribution in [-0.4, -0.2) is 32.1 Å². The SMILES string of the molecule is C=C/C=C(\C=C/CN(C)C1=CC2C=CCC=CC2=CC=C1)C(/C=C1\CN(c2ccc(N(C)/C=C(C)/C(/C=C\C/C=C\C)=C\C=C/C)cc2)C(C)=C1/C=C(\C)c1ccccc1)=C/C. The summed E-state index contributed by atoms with van der Waals surface area (Å²) in [6.45, 7) is 18.5. The highest BCUT2D eigenvalue weighted by Gasteiger charge is 2.25. The molecule has 1 unspecified atom stereocenters. The van der Waals surface area contributed by atoms with Crippen LogP contribution in [0.15, 0.2) is 251 Å². The van der Waals surface area contributed by atoms with Crippen LogP contribution in [0.2, 0.25) is 0 Å². The Hall–Kier alpha value is -6.58. The normalized spacial score (nSPS) is 18.7. The molecule has 3 heteroatoms. The van der Waals surface area contributed by atoms with Gasteiger partial charge in [0.05, 0.1) is 0 Å². The van der Waals surface area contributed by atoms with Crippen LogP contribution < -0.4 is 9.80 Å². The Kier molecular flexibility index (Phi) is 18.0. The van der Waals surface area contributed by atoms with Crippen molar-refractivity contribution in [2.24, 2.45) is 5.92 Å². The van der Waals surface area contributed by atoms with Crippen molar-refractivity contribution in [2.45, 2.75) is 54.4 Å². The molecule has 1 heterocycles. The highest BCUT2D eigenvalue weighted by Crippen LogP contribution is 2.37. The van der Waals surface area contributed by atoms with E-state index in [0.29, 0.717) is 0 Å². The van der Waals surface area contributed by atoms with Gasteiger partial charge in [0.15, 0.2) is 0 Å². The van der Waals surface area contributed by atoms with Gasteiger partial charge in [-0.25, -0.2) is 0 Å². The number of anilines is 2. The molecule has 0 radical (unpaired) electrons. The molecule has 0 fully saturated rings. The minimum Gasteiger partial charge on any atom is -0.371 e. The van der Waals surface area contributed by atoms with E-state index >= 15 is 0 Å². The van der Waals surface area contributed by atoms with E-state index in [-0.39, 0.29) is 5.92 Å². The van der Waals surface area contributed by atoms with Crippen LogP contribution in [0, 0.1) is 5.92 Å². The van der Waals surface area contributed by atoms with Gasteiger partial charge in [-0.1, -0.05) is 146 Å². The molecule has 0 spiro atoms. The van der Waals surface area contributed by atoms with Gasteiger partial charge in [0.1, 0.15) is 0 Å². The topological polar surface area (TPSA) is 9.72 Å². The van der Waals surface area contributed by atoms with E-state index in [4.69, 9.17) is 0 Å². The summed E-state index contributed by atoms with van der Waals surface area (Å²) in [5.41, 5.74) is 15.7. The number of hydrogen-bond acceptors (Lipinski definition) is 3. The predicted molar refractivity (Wildman–Crippen MR) is 274 cm³/mol. The third kappa shape index (κ3) is 13.0. The molecule has 0 N–H and O–H groups in total. The zero-order valence-corrected chi connectivity index (χ0v) is 38.4.